The van der Waals surface area contributed by atoms with Crippen LogP contribution in [0.15, 0.2) is 16.9 Å². The highest BCUT2D eigenvalue weighted by molar-refractivity contribution is 5.95. The number of aromatic nitrogens is 4. The van der Waals surface area contributed by atoms with E-state index < -0.39 is 29.3 Å². The highest BCUT2D eigenvalue weighted by Gasteiger charge is 2.37. The number of nitrogens with zero attached hydrogens (tertiary/aromatic N) is 3. The Labute approximate surface area is 140 Å². The minimum Gasteiger partial charge on any atom is -0.360 e. The van der Waals surface area contributed by atoms with Gasteiger partial charge in [0.05, 0.1) is 6.04 Å². The predicted octanol–water partition coefficient (Wildman–Crippen LogP) is 2.52. The first kappa shape index (κ1) is 17.2. The third kappa shape index (κ3) is 3.42. The van der Waals surface area contributed by atoms with Gasteiger partial charge >= 0.3 is 11.9 Å². The molecule has 1 aliphatic rings. The maximum Gasteiger partial charge on any atom is 0.434 e. The van der Waals surface area contributed by atoms with Gasteiger partial charge in [-0.2, -0.15) is 18.3 Å². The van der Waals surface area contributed by atoms with Gasteiger partial charge in [-0.3, -0.25) is 9.36 Å². The van der Waals surface area contributed by atoms with Crippen LogP contribution in [-0.2, 0) is 12.7 Å². The number of fused-ring (bicyclic) bond motifs is 1. The summed E-state index contributed by atoms with van der Waals surface area (Å²) in [4.78, 5) is 26.7. The molecule has 25 heavy (non-hydrogen) atoms. The number of rotatable bonds is 3. The zero-order chi connectivity index (χ0) is 18.2. The summed E-state index contributed by atoms with van der Waals surface area (Å²) >= 11 is 0. The fourth-order valence-corrected chi connectivity index (χ4v) is 2.91. The second-order valence-corrected chi connectivity index (χ2v) is 5.88. The summed E-state index contributed by atoms with van der Waals surface area (Å²) in [5.41, 5.74) is -2.05. The van der Waals surface area contributed by atoms with Crippen LogP contribution in [0.3, 0.4) is 0 Å². The van der Waals surface area contributed by atoms with Gasteiger partial charge in [0, 0.05) is 12.1 Å². The maximum atomic E-state index is 13.2. The smallest absolute Gasteiger partial charge is 0.360 e. The fourth-order valence-electron chi connectivity index (χ4n) is 2.91. The molecule has 0 bridgehead atoms. The van der Waals surface area contributed by atoms with Crippen LogP contribution in [0.25, 0.3) is 0 Å². The van der Waals surface area contributed by atoms with Crippen molar-refractivity contribution in [2.45, 2.75) is 44.9 Å². The minimum absolute atomic E-state index is 0.0220. The lowest BCUT2D eigenvalue weighted by Gasteiger charge is -2.18. The van der Waals surface area contributed by atoms with Crippen LogP contribution in [-0.4, -0.2) is 25.5 Å². The van der Waals surface area contributed by atoms with E-state index in [1.165, 1.54) is 10.6 Å². The van der Waals surface area contributed by atoms with Gasteiger partial charge in [0.1, 0.15) is 5.82 Å². The molecule has 1 unspecified atom stereocenters. The fraction of sp³-hybridized carbons (Fsp3) is 0.467. The van der Waals surface area contributed by atoms with E-state index in [1.54, 1.807) is 0 Å². The van der Waals surface area contributed by atoms with Crippen LogP contribution in [0.1, 0.15) is 54.1 Å². The molecule has 0 aromatic carbocycles. The number of halogens is 3. The van der Waals surface area contributed by atoms with Crippen molar-refractivity contribution >= 4 is 11.6 Å². The Kier molecular flexibility index (Phi) is 4.36. The molecule has 10 heteroatoms. The number of hydrogen-bond donors (Lipinski definition) is 2. The van der Waals surface area contributed by atoms with E-state index in [0.717, 1.165) is 25.8 Å². The van der Waals surface area contributed by atoms with Crippen molar-refractivity contribution in [1.29, 1.82) is 0 Å². The van der Waals surface area contributed by atoms with Crippen molar-refractivity contribution in [2.75, 3.05) is 5.32 Å². The molecule has 7 nitrogen and oxygen atoms in total. The lowest BCUT2D eigenvalue weighted by molar-refractivity contribution is -0.141. The number of aromatic amines is 1. The van der Waals surface area contributed by atoms with Crippen LogP contribution >= 0.6 is 0 Å². The summed E-state index contributed by atoms with van der Waals surface area (Å²) < 4.78 is 41.0. The first-order chi connectivity index (χ1) is 11.8. The number of Topliss-reactive ketones (excluding diaryl/α,β-unsaturated/α-hetero) is 1. The quantitative estimate of drug-likeness (QED) is 0.826. The molecule has 2 N–H and O–H groups in total. The molecular formula is C15H16F3N5O2. The molecule has 2 aromatic heterocycles. The van der Waals surface area contributed by atoms with E-state index >= 15 is 0 Å². The Morgan fingerprint density at radius 1 is 1.36 bits per heavy atom. The molecule has 0 saturated carbocycles. The van der Waals surface area contributed by atoms with E-state index in [-0.39, 0.29) is 11.5 Å². The number of H-pyrrole nitrogens is 1. The first-order valence-corrected chi connectivity index (χ1v) is 7.78. The van der Waals surface area contributed by atoms with E-state index in [4.69, 9.17) is 0 Å². The third-order valence-corrected chi connectivity index (χ3v) is 4.09. The number of nitrogens with one attached hydrogen (secondary N) is 2. The standard InChI is InChI=1S/C15H16F3N5O2/c1-8(24)9-5-6-11(20-12(9)15(16,17)18)19-10-4-2-3-7-23-13(10)21-22-14(23)25/h5-6,10H,2-4,7H2,1H3,(H,19,20)(H,22,25). The van der Waals surface area contributed by atoms with Crippen molar-refractivity contribution in [3.05, 3.63) is 39.7 Å². The Balaban J connectivity index is 1.96. The summed E-state index contributed by atoms with van der Waals surface area (Å²) in [5, 5.41) is 9.23. The summed E-state index contributed by atoms with van der Waals surface area (Å²) in [5.74, 6) is -0.290. The number of carbonyl (C=O) groups is 1. The lowest BCUT2D eigenvalue weighted by atomic mass is 10.1. The van der Waals surface area contributed by atoms with E-state index in [1.807, 2.05) is 0 Å². The molecule has 0 spiro atoms. The molecule has 1 aliphatic heterocycles. The molecule has 3 heterocycles. The van der Waals surface area contributed by atoms with E-state index in [2.05, 4.69) is 20.5 Å². The minimum atomic E-state index is -4.74. The van der Waals surface area contributed by atoms with Crippen molar-refractivity contribution in [3.8, 4) is 0 Å². The van der Waals surface area contributed by atoms with Crippen LogP contribution in [0, 0.1) is 0 Å². The molecule has 1 atom stereocenters. The Bertz CT molecular complexity index is 856. The van der Waals surface area contributed by atoms with Gasteiger partial charge in [-0.25, -0.2) is 14.9 Å². The molecule has 0 radical (unpaired) electrons. The Hall–Kier alpha value is -2.65. The normalized spacial score (nSPS) is 17.7. The monoisotopic (exact) mass is 355 g/mol. The van der Waals surface area contributed by atoms with Gasteiger partial charge in [-0.05, 0) is 38.3 Å². The average molecular weight is 355 g/mol. The summed E-state index contributed by atoms with van der Waals surface area (Å²) in [6.07, 6.45) is -2.58. The van der Waals surface area contributed by atoms with Gasteiger partial charge in [-0.15, -0.1) is 0 Å². The average Bonchev–Trinajstić information content (AvgIpc) is 2.78. The molecular weight excluding hydrogens is 339 g/mol. The zero-order valence-electron chi connectivity index (χ0n) is 13.4. The number of pyridine rings is 1. The van der Waals surface area contributed by atoms with Gasteiger partial charge in [0.25, 0.3) is 0 Å². The van der Waals surface area contributed by atoms with Crippen molar-refractivity contribution < 1.29 is 18.0 Å². The molecule has 134 valence electrons. The van der Waals surface area contributed by atoms with Crippen molar-refractivity contribution in [2.24, 2.45) is 0 Å². The SMILES string of the molecule is CC(=O)c1ccc(NC2CCCCn3c2n[nH]c3=O)nc1C(F)(F)F. The topological polar surface area (TPSA) is 92.7 Å². The lowest BCUT2D eigenvalue weighted by Crippen LogP contribution is -2.22. The van der Waals surface area contributed by atoms with Gasteiger partial charge in [0.15, 0.2) is 17.3 Å². The number of hydrogen-bond acceptors (Lipinski definition) is 5. The molecule has 0 saturated heterocycles. The van der Waals surface area contributed by atoms with Crippen LogP contribution in [0.2, 0.25) is 0 Å². The maximum absolute atomic E-state index is 13.2. The number of anilines is 1. The molecule has 0 fully saturated rings. The van der Waals surface area contributed by atoms with Crippen LogP contribution < -0.4 is 11.0 Å². The number of carbonyl (C=O) groups excluding carboxylic acids is 1. The van der Waals surface area contributed by atoms with Gasteiger partial charge in [0.2, 0.25) is 0 Å². The second-order valence-electron chi connectivity index (χ2n) is 5.88. The predicted molar refractivity (Wildman–Crippen MR) is 82.3 cm³/mol. The highest BCUT2D eigenvalue weighted by Crippen LogP contribution is 2.33. The van der Waals surface area contributed by atoms with Crippen LogP contribution in [0.5, 0.6) is 0 Å². The largest absolute Gasteiger partial charge is 0.434 e. The molecule has 0 aliphatic carbocycles. The van der Waals surface area contributed by atoms with E-state index in [0.29, 0.717) is 18.8 Å². The summed E-state index contributed by atoms with van der Waals surface area (Å²) in [7, 11) is 0. The summed E-state index contributed by atoms with van der Waals surface area (Å²) in [6, 6.07) is 1.99. The summed E-state index contributed by atoms with van der Waals surface area (Å²) in [6.45, 7) is 1.57. The van der Waals surface area contributed by atoms with Gasteiger partial charge in [-0.1, -0.05) is 0 Å². The first-order valence-electron chi connectivity index (χ1n) is 7.78. The zero-order valence-corrected chi connectivity index (χ0v) is 13.4. The van der Waals surface area contributed by atoms with Crippen molar-refractivity contribution in [3.63, 3.8) is 0 Å². The molecule has 0 amide bonds. The Morgan fingerprint density at radius 3 is 2.80 bits per heavy atom. The third-order valence-electron chi connectivity index (χ3n) is 4.09. The second kappa shape index (κ2) is 6.34. The van der Waals surface area contributed by atoms with E-state index in [9.17, 15) is 22.8 Å². The molecule has 2 aromatic rings. The van der Waals surface area contributed by atoms with Gasteiger partial charge < -0.3 is 5.32 Å². The Morgan fingerprint density at radius 2 is 2.12 bits per heavy atom. The van der Waals surface area contributed by atoms with Crippen molar-refractivity contribution in [1.82, 2.24) is 19.7 Å². The highest BCUT2D eigenvalue weighted by atomic mass is 19.4. The van der Waals surface area contributed by atoms with Crippen LogP contribution in [0.4, 0.5) is 19.0 Å². The number of ketones is 1. The molecule has 3 rings (SSSR count). The number of alkyl halides is 3.